The van der Waals surface area contributed by atoms with Crippen LogP contribution in [0.1, 0.15) is 5.82 Å². The summed E-state index contributed by atoms with van der Waals surface area (Å²) in [5.41, 5.74) is 0. The molecule has 1 aromatic carbocycles. The van der Waals surface area contributed by atoms with Crippen LogP contribution >= 0.6 is 11.6 Å². The van der Waals surface area contributed by atoms with Crippen molar-refractivity contribution < 1.29 is 13.2 Å². The molecule has 20 heavy (non-hydrogen) atoms. The number of hydrogen-bond acceptors (Lipinski definition) is 5. The van der Waals surface area contributed by atoms with Crippen LogP contribution in [0.5, 0.6) is 0 Å². The highest BCUT2D eigenvalue weighted by Crippen LogP contribution is 2.13. The van der Waals surface area contributed by atoms with Gasteiger partial charge in [-0.25, -0.2) is 17.9 Å². The maximum Gasteiger partial charge on any atom is 0.335 e. The lowest BCUT2D eigenvalue weighted by atomic mass is 10.4. The summed E-state index contributed by atoms with van der Waals surface area (Å²) in [7, 11) is -3.98. The molecule has 0 atom stereocenters. The summed E-state index contributed by atoms with van der Waals surface area (Å²) in [4.78, 5) is 15.3. The SMILES string of the molecule is Cc1nc(NC(=O)NS(=O)(=O)c2ccc(Cl)cc2)n[nH]1. The van der Waals surface area contributed by atoms with Gasteiger partial charge in [0.15, 0.2) is 0 Å². The number of carbonyl (C=O) groups excluding carboxylic acids is 1. The molecule has 0 spiro atoms. The number of hydrogen-bond donors (Lipinski definition) is 3. The fourth-order valence-electron chi connectivity index (χ4n) is 1.32. The lowest BCUT2D eigenvalue weighted by Crippen LogP contribution is -2.34. The minimum Gasteiger partial charge on any atom is -0.274 e. The first kappa shape index (κ1) is 14.3. The summed E-state index contributed by atoms with van der Waals surface area (Å²) in [5, 5.41) is 8.74. The van der Waals surface area contributed by atoms with E-state index in [0.717, 1.165) is 0 Å². The van der Waals surface area contributed by atoms with Crippen LogP contribution < -0.4 is 10.0 Å². The second kappa shape index (κ2) is 5.47. The monoisotopic (exact) mass is 315 g/mol. The van der Waals surface area contributed by atoms with E-state index < -0.39 is 16.1 Å². The fraction of sp³-hybridized carbons (Fsp3) is 0.100. The van der Waals surface area contributed by atoms with Crippen molar-refractivity contribution in [2.24, 2.45) is 0 Å². The molecule has 0 saturated carbocycles. The van der Waals surface area contributed by atoms with Crippen molar-refractivity contribution in [1.82, 2.24) is 19.9 Å². The van der Waals surface area contributed by atoms with E-state index in [-0.39, 0.29) is 10.8 Å². The van der Waals surface area contributed by atoms with Gasteiger partial charge in [0.25, 0.3) is 10.0 Å². The molecule has 2 amide bonds. The Bertz CT molecular complexity index is 726. The molecule has 8 nitrogen and oxygen atoms in total. The van der Waals surface area contributed by atoms with Gasteiger partial charge in [-0.1, -0.05) is 11.6 Å². The molecule has 0 aliphatic rings. The third-order valence-corrected chi connectivity index (χ3v) is 3.77. The van der Waals surface area contributed by atoms with Crippen LogP contribution in [-0.4, -0.2) is 29.6 Å². The third-order valence-electron chi connectivity index (χ3n) is 2.17. The van der Waals surface area contributed by atoms with Gasteiger partial charge in [-0.3, -0.25) is 10.4 Å². The summed E-state index contributed by atoms with van der Waals surface area (Å²) in [6.07, 6.45) is 0. The molecule has 10 heteroatoms. The molecule has 106 valence electrons. The number of sulfonamides is 1. The molecule has 0 fully saturated rings. The number of anilines is 1. The highest BCUT2D eigenvalue weighted by molar-refractivity contribution is 7.90. The van der Waals surface area contributed by atoms with Crippen LogP contribution in [0.25, 0.3) is 0 Å². The van der Waals surface area contributed by atoms with Crippen LogP contribution in [0.15, 0.2) is 29.2 Å². The van der Waals surface area contributed by atoms with Gasteiger partial charge in [0.2, 0.25) is 5.95 Å². The number of aromatic amines is 1. The van der Waals surface area contributed by atoms with Gasteiger partial charge in [0.05, 0.1) is 4.90 Å². The summed E-state index contributed by atoms with van der Waals surface area (Å²) >= 11 is 5.66. The molecule has 2 rings (SSSR count). The van der Waals surface area contributed by atoms with Crippen LogP contribution in [0.3, 0.4) is 0 Å². The quantitative estimate of drug-likeness (QED) is 0.788. The molecular formula is C10H10ClN5O3S. The molecule has 2 aromatic rings. The number of aryl methyl sites for hydroxylation is 1. The highest BCUT2D eigenvalue weighted by Gasteiger charge is 2.18. The van der Waals surface area contributed by atoms with Crippen molar-refractivity contribution in [3.8, 4) is 0 Å². The predicted octanol–water partition coefficient (Wildman–Crippen LogP) is 1.28. The standard InChI is InChI=1S/C10H10ClN5O3S/c1-6-12-9(15-14-6)13-10(17)16-20(18,19)8-4-2-7(11)3-5-8/h2-5H,1H3,(H3,12,13,14,15,16,17). The van der Waals surface area contributed by atoms with Gasteiger partial charge in [-0.2, -0.15) is 4.98 Å². The molecule has 0 saturated heterocycles. The molecule has 0 unspecified atom stereocenters. The first-order valence-corrected chi connectivity index (χ1v) is 7.21. The topological polar surface area (TPSA) is 117 Å². The Labute approximate surface area is 119 Å². The van der Waals surface area contributed by atoms with Crippen molar-refractivity contribution in [2.45, 2.75) is 11.8 Å². The maximum absolute atomic E-state index is 11.9. The van der Waals surface area contributed by atoms with Gasteiger partial charge in [-0.05, 0) is 31.2 Å². The van der Waals surface area contributed by atoms with E-state index in [1.54, 1.807) is 6.92 Å². The Balaban J connectivity index is 2.08. The van der Waals surface area contributed by atoms with Crippen molar-refractivity contribution in [2.75, 3.05) is 5.32 Å². The Hall–Kier alpha value is -2.13. The van der Waals surface area contributed by atoms with Crippen LogP contribution in [0.2, 0.25) is 5.02 Å². The normalized spacial score (nSPS) is 11.1. The fourth-order valence-corrected chi connectivity index (χ4v) is 2.35. The van der Waals surface area contributed by atoms with E-state index in [0.29, 0.717) is 10.8 Å². The predicted molar refractivity (Wildman–Crippen MR) is 71.9 cm³/mol. The van der Waals surface area contributed by atoms with Crippen molar-refractivity contribution >= 4 is 33.6 Å². The number of halogens is 1. The lowest BCUT2D eigenvalue weighted by Gasteiger charge is -2.06. The number of benzene rings is 1. The summed E-state index contributed by atoms with van der Waals surface area (Å²) < 4.78 is 25.6. The summed E-state index contributed by atoms with van der Waals surface area (Å²) in [5.74, 6) is 0.465. The lowest BCUT2D eigenvalue weighted by molar-refractivity contribution is 0.256. The highest BCUT2D eigenvalue weighted by atomic mass is 35.5. The largest absolute Gasteiger partial charge is 0.335 e. The zero-order valence-corrected chi connectivity index (χ0v) is 11.8. The number of urea groups is 1. The van der Waals surface area contributed by atoms with E-state index in [1.165, 1.54) is 24.3 Å². The number of aromatic nitrogens is 3. The average molecular weight is 316 g/mol. The van der Waals surface area contributed by atoms with Crippen molar-refractivity contribution in [3.63, 3.8) is 0 Å². The first-order valence-electron chi connectivity index (χ1n) is 5.35. The second-order valence-electron chi connectivity index (χ2n) is 3.76. The number of nitrogens with zero attached hydrogens (tertiary/aromatic N) is 2. The number of rotatable bonds is 3. The van der Waals surface area contributed by atoms with Gasteiger partial charge < -0.3 is 0 Å². The Morgan fingerprint density at radius 1 is 1.30 bits per heavy atom. The zero-order valence-electron chi connectivity index (χ0n) is 10.2. The minimum absolute atomic E-state index is 0.0219. The summed E-state index contributed by atoms with van der Waals surface area (Å²) in [6.45, 7) is 1.64. The van der Waals surface area contributed by atoms with E-state index in [9.17, 15) is 13.2 Å². The molecule has 3 N–H and O–H groups in total. The molecular weight excluding hydrogens is 306 g/mol. The minimum atomic E-state index is -3.98. The van der Waals surface area contributed by atoms with Gasteiger partial charge in [0.1, 0.15) is 5.82 Å². The first-order chi connectivity index (χ1) is 9.37. The number of nitrogens with one attached hydrogen (secondary N) is 3. The molecule has 1 aromatic heterocycles. The number of amides is 2. The Morgan fingerprint density at radius 3 is 2.50 bits per heavy atom. The maximum atomic E-state index is 11.9. The molecule has 1 heterocycles. The zero-order chi connectivity index (χ0) is 14.8. The smallest absolute Gasteiger partial charge is 0.274 e. The van der Waals surface area contributed by atoms with Crippen LogP contribution in [-0.2, 0) is 10.0 Å². The van der Waals surface area contributed by atoms with Gasteiger partial charge >= 0.3 is 6.03 Å². The Kier molecular flexibility index (Phi) is 3.91. The second-order valence-corrected chi connectivity index (χ2v) is 5.88. The van der Waals surface area contributed by atoms with Gasteiger partial charge in [-0.15, -0.1) is 5.10 Å². The van der Waals surface area contributed by atoms with Crippen LogP contribution in [0.4, 0.5) is 10.7 Å². The number of carbonyl (C=O) groups is 1. The van der Waals surface area contributed by atoms with E-state index in [2.05, 4.69) is 20.5 Å². The van der Waals surface area contributed by atoms with E-state index in [4.69, 9.17) is 11.6 Å². The van der Waals surface area contributed by atoms with Gasteiger partial charge in [0, 0.05) is 5.02 Å². The number of H-pyrrole nitrogens is 1. The molecule has 0 radical (unpaired) electrons. The Morgan fingerprint density at radius 2 is 1.95 bits per heavy atom. The summed E-state index contributed by atoms with van der Waals surface area (Å²) in [6, 6.07) is 4.43. The van der Waals surface area contributed by atoms with Crippen LogP contribution in [0, 0.1) is 6.92 Å². The molecule has 0 aliphatic carbocycles. The van der Waals surface area contributed by atoms with Crippen molar-refractivity contribution in [3.05, 3.63) is 35.1 Å². The third kappa shape index (κ3) is 3.45. The van der Waals surface area contributed by atoms with Crippen molar-refractivity contribution in [1.29, 1.82) is 0 Å². The van der Waals surface area contributed by atoms with E-state index in [1.807, 2.05) is 4.72 Å². The molecule has 0 bridgehead atoms. The molecule has 0 aliphatic heterocycles. The average Bonchev–Trinajstić information content (AvgIpc) is 2.74. The van der Waals surface area contributed by atoms with E-state index >= 15 is 0 Å².